The van der Waals surface area contributed by atoms with Crippen LogP contribution in [0.5, 0.6) is 0 Å². The molecular formula is C28H43N5O. The number of rotatable bonds is 9. The Morgan fingerprint density at radius 3 is 2.44 bits per heavy atom. The normalized spacial score (nSPS) is 19.3. The van der Waals surface area contributed by atoms with Gasteiger partial charge >= 0.3 is 0 Å². The third kappa shape index (κ3) is 6.00. The highest BCUT2D eigenvalue weighted by molar-refractivity contribution is 5.94. The molecule has 1 atom stereocenters. The lowest BCUT2D eigenvalue weighted by atomic mass is 9.86. The first-order valence-corrected chi connectivity index (χ1v) is 13.4. The summed E-state index contributed by atoms with van der Waals surface area (Å²) in [7, 11) is 2.18. The lowest BCUT2D eigenvalue weighted by molar-refractivity contribution is 0.0926. The zero-order valence-electron chi connectivity index (χ0n) is 21.6. The molecule has 0 aliphatic heterocycles. The molecule has 1 heterocycles. The number of amides is 1. The van der Waals surface area contributed by atoms with Gasteiger partial charge in [-0.2, -0.15) is 0 Å². The van der Waals surface area contributed by atoms with E-state index in [-0.39, 0.29) is 17.4 Å². The van der Waals surface area contributed by atoms with E-state index in [0.717, 1.165) is 12.1 Å². The van der Waals surface area contributed by atoms with Crippen molar-refractivity contribution in [3.63, 3.8) is 0 Å². The number of anilines is 1. The van der Waals surface area contributed by atoms with Gasteiger partial charge in [0.05, 0.1) is 12.2 Å². The van der Waals surface area contributed by atoms with Gasteiger partial charge in [0, 0.05) is 42.0 Å². The molecule has 2 aliphatic rings. The van der Waals surface area contributed by atoms with E-state index in [9.17, 15) is 4.79 Å². The van der Waals surface area contributed by atoms with Crippen molar-refractivity contribution in [2.45, 2.75) is 109 Å². The minimum atomic E-state index is -0.0133. The Morgan fingerprint density at radius 2 is 1.79 bits per heavy atom. The maximum absolute atomic E-state index is 13.1. The summed E-state index contributed by atoms with van der Waals surface area (Å²) in [5.41, 5.74) is 3.16. The number of carbonyl (C=O) groups is 1. The molecule has 0 bridgehead atoms. The van der Waals surface area contributed by atoms with Crippen LogP contribution in [0.1, 0.15) is 101 Å². The second-order valence-corrected chi connectivity index (χ2v) is 11.3. The van der Waals surface area contributed by atoms with Gasteiger partial charge in [0.1, 0.15) is 0 Å². The number of carbonyl (C=O) groups excluding carboxylic acids is 1. The summed E-state index contributed by atoms with van der Waals surface area (Å²) in [6, 6.07) is 8.74. The summed E-state index contributed by atoms with van der Waals surface area (Å²) < 4.78 is 1.93. The van der Waals surface area contributed by atoms with Gasteiger partial charge in [-0.25, -0.2) is 0 Å². The van der Waals surface area contributed by atoms with Crippen molar-refractivity contribution < 1.29 is 4.79 Å². The first-order chi connectivity index (χ1) is 16.3. The Bertz CT molecular complexity index is 923. The Hall–Kier alpha value is -2.37. The highest BCUT2D eigenvalue weighted by atomic mass is 16.1. The second kappa shape index (κ2) is 10.9. The fourth-order valence-corrected chi connectivity index (χ4v) is 5.85. The molecule has 1 aromatic heterocycles. The molecule has 2 fully saturated rings. The van der Waals surface area contributed by atoms with Crippen molar-refractivity contribution in [1.82, 2.24) is 20.3 Å². The Labute approximate surface area is 205 Å². The fourth-order valence-electron chi connectivity index (χ4n) is 5.85. The number of nitrogens with one attached hydrogen (secondary N) is 1. The van der Waals surface area contributed by atoms with E-state index in [1.807, 2.05) is 16.8 Å². The summed E-state index contributed by atoms with van der Waals surface area (Å²) in [5.74, 6) is 0.466. The molecule has 2 saturated carbocycles. The number of aromatic nitrogens is 3. The predicted molar refractivity (Wildman–Crippen MR) is 138 cm³/mol. The maximum atomic E-state index is 13.1. The molecule has 0 spiro atoms. The Morgan fingerprint density at radius 1 is 1.12 bits per heavy atom. The van der Waals surface area contributed by atoms with Gasteiger partial charge in [-0.05, 0) is 62.3 Å². The largest absolute Gasteiger partial charge is 0.372 e. The van der Waals surface area contributed by atoms with Crippen LogP contribution < -0.4 is 10.2 Å². The minimum Gasteiger partial charge on any atom is -0.372 e. The molecule has 34 heavy (non-hydrogen) atoms. The predicted octanol–water partition coefficient (Wildman–Crippen LogP) is 5.72. The van der Waals surface area contributed by atoms with Crippen LogP contribution in [0, 0.1) is 5.92 Å². The SMILES string of the molecule is CC(C)C[C@@H](Cn1cc(C2(C)CCCC2)nn1)NC(=O)c1ccc(N(C)C2CCCCC2)cc1. The van der Waals surface area contributed by atoms with Gasteiger partial charge in [-0.1, -0.05) is 58.1 Å². The molecule has 0 unspecified atom stereocenters. The average Bonchev–Trinajstić information content (AvgIpc) is 3.49. The van der Waals surface area contributed by atoms with Gasteiger partial charge in [0.2, 0.25) is 0 Å². The molecule has 0 saturated heterocycles. The van der Waals surface area contributed by atoms with E-state index in [1.54, 1.807) is 0 Å². The van der Waals surface area contributed by atoms with Crippen molar-refractivity contribution in [2.24, 2.45) is 5.92 Å². The zero-order chi connectivity index (χ0) is 24.1. The summed E-state index contributed by atoms with van der Waals surface area (Å²) >= 11 is 0. The van der Waals surface area contributed by atoms with E-state index < -0.39 is 0 Å². The van der Waals surface area contributed by atoms with Crippen LogP contribution in [-0.2, 0) is 12.0 Å². The van der Waals surface area contributed by atoms with Gasteiger partial charge in [-0.15, -0.1) is 5.10 Å². The van der Waals surface area contributed by atoms with Gasteiger partial charge < -0.3 is 10.2 Å². The molecule has 6 nitrogen and oxygen atoms in total. The maximum Gasteiger partial charge on any atom is 0.251 e. The summed E-state index contributed by atoms with van der Waals surface area (Å²) in [4.78, 5) is 15.5. The van der Waals surface area contributed by atoms with Crippen LogP contribution in [0.2, 0.25) is 0 Å². The van der Waals surface area contributed by atoms with Crippen molar-refractivity contribution in [1.29, 1.82) is 0 Å². The standard InChI is InChI=1S/C28H43N5O/c1-21(2)18-23(19-33-20-26(30-31-33)28(3)16-8-9-17-28)29-27(34)22-12-14-25(15-13-22)32(4)24-10-6-5-7-11-24/h12-15,20-21,23-24H,5-11,16-19H2,1-4H3,(H,29,34)/t23-/m0/s1. The quantitative estimate of drug-likeness (QED) is 0.514. The summed E-state index contributed by atoms with van der Waals surface area (Å²) in [6.45, 7) is 7.34. The van der Waals surface area contributed by atoms with Gasteiger partial charge in [0.25, 0.3) is 5.91 Å². The molecule has 186 valence electrons. The lowest BCUT2D eigenvalue weighted by Gasteiger charge is -2.33. The third-order valence-corrected chi connectivity index (χ3v) is 8.02. The highest BCUT2D eigenvalue weighted by Gasteiger charge is 2.33. The number of hydrogen-bond donors (Lipinski definition) is 1. The molecule has 2 aromatic rings. The van der Waals surface area contributed by atoms with Crippen LogP contribution >= 0.6 is 0 Å². The van der Waals surface area contributed by atoms with Crippen LogP contribution in [0.3, 0.4) is 0 Å². The Kier molecular flexibility index (Phi) is 7.95. The Balaban J connectivity index is 1.39. The van der Waals surface area contributed by atoms with Gasteiger partial charge in [0.15, 0.2) is 0 Å². The molecule has 1 aromatic carbocycles. The number of nitrogens with zero attached hydrogens (tertiary/aromatic N) is 4. The smallest absolute Gasteiger partial charge is 0.251 e. The molecule has 0 radical (unpaired) electrons. The fraction of sp³-hybridized carbons (Fsp3) is 0.679. The van der Waals surface area contributed by atoms with Crippen LogP contribution in [-0.4, -0.2) is 40.0 Å². The van der Waals surface area contributed by atoms with Crippen molar-refractivity contribution in [3.05, 3.63) is 41.7 Å². The van der Waals surface area contributed by atoms with Gasteiger partial charge in [-0.3, -0.25) is 9.48 Å². The first-order valence-electron chi connectivity index (χ1n) is 13.4. The van der Waals surface area contributed by atoms with E-state index in [2.05, 4.69) is 66.7 Å². The minimum absolute atomic E-state index is 0.0133. The van der Waals surface area contributed by atoms with Crippen molar-refractivity contribution in [3.8, 4) is 0 Å². The average molecular weight is 466 g/mol. The van der Waals surface area contributed by atoms with E-state index in [4.69, 9.17) is 0 Å². The summed E-state index contributed by atoms with van der Waals surface area (Å²) in [6.07, 6.45) is 14.4. The molecule has 1 amide bonds. The van der Waals surface area contributed by atoms with Crippen molar-refractivity contribution >= 4 is 11.6 Å². The van der Waals surface area contributed by atoms with E-state index in [0.29, 0.717) is 24.1 Å². The first kappa shape index (κ1) is 24.7. The van der Waals surface area contributed by atoms with Crippen LogP contribution in [0.15, 0.2) is 30.5 Å². The van der Waals surface area contributed by atoms with E-state index in [1.165, 1.54) is 63.5 Å². The highest BCUT2D eigenvalue weighted by Crippen LogP contribution is 2.39. The molecular weight excluding hydrogens is 422 g/mol. The molecule has 6 heteroatoms. The van der Waals surface area contributed by atoms with Crippen LogP contribution in [0.4, 0.5) is 5.69 Å². The number of benzene rings is 1. The molecule has 4 rings (SSSR count). The van der Waals surface area contributed by atoms with Crippen molar-refractivity contribution in [2.75, 3.05) is 11.9 Å². The lowest BCUT2D eigenvalue weighted by Crippen LogP contribution is -2.39. The second-order valence-electron chi connectivity index (χ2n) is 11.3. The van der Waals surface area contributed by atoms with Crippen LogP contribution in [0.25, 0.3) is 0 Å². The zero-order valence-corrected chi connectivity index (χ0v) is 21.6. The summed E-state index contributed by atoms with van der Waals surface area (Å²) in [5, 5.41) is 12.2. The monoisotopic (exact) mass is 465 g/mol. The molecule has 2 aliphatic carbocycles. The number of hydrogen-bond acceptors (Lipinski definition) is 4. The van der Waals surface area contributed by atoms with E-state index >= 15 is 0 Å². The topological polar surface area (TPSA) is 63.1 Å². The molecule has 1 N–H and O–H groups in total. The third-order valence-electron chi connectivity index (χ3n) is 8.02.